The number of benzene rings is 2. The summed E-state index contributed by atoms with van der Waals surface area (Å²) >= 11 is 0. The van der Waals surface area contributed by atoms with Crippen LogP contribution in [0.4, 0.5) is 4.79 Å². The number of carbonyl (C=O) groups excluding carboxylic acids is 2. The van der Waals surface area contributed by atoms with Crippen molar-refractivity contribution >= 4 is 17.9 Å². The van der Waals surface area contributed by atoms with Crippen molar-refractivity contribution in [3.8, 4) is 11.1 Å². The van der Waals surface area contributed by atoms with Crippen LogP contribution in [0, 0.1) is 0 Å². The van der Waals surface area contributed by atoms with E-state index >= 15 is 0 Å². The molecule has 3 rings (SSSR count). The predicted octanol–water partition coefficient (Wildman–Crippen LogP) is 1.93. The van der Waals surface area contributed by atoms with Crippen LogP contribution >= 0.6 is 0 Å². The highest BCUT2D eigenvalue weighted by Crippen LogP contribution is 2.23. The number of nitrogens with one attached hydrogen (secondary N) is 2. The summed E-state index contributed by atoms with van der Waals surface area (Å²) in [5.74, 6) is -1.34. The SMILES string of the molecule is O=C1NC(=O)C(c2ccc(-c3ccc(C(=O)O)cc3)cc2)N1. The molecule has 0 aliphatic carbocycles. The highest BCUT2D eigenvalue weighted by Gasteiger charge is 2.30. The first-order valence-electron chi connectivity index (χ1n) is 6.59. The summed E-state index contributed by atoms with van der Waals surface area (Å²) in [6.45, 7) is 0. The van der Waals surface area contributed by atoms with Crippen molar-refractivity contribution in [1.82, 2.24) is 10.6 Å². The Labute approximate surface area is 125 Å². The lowest BCUT2D eigenvalue weighted by molar-refractivity contribution is -0.120. The van der Waals surface area contributed by atoms with Crippen LogP contribution < -0.4 is 10.6 Å². The third-order valence-electron chi connectivity index (χ3n) is 3.48. The zero-order valence-electron chi connectivity index (χ0n) is 11.4. The molecule has 1 unspecified atom stereocenters. The smallest absolute Gasteiger partial charge is 0.335 e. The van der Waals surface area contributed by atoms with E-state index in [0.717, 1.165) is 11.1 Å². The highest BCUT2D eigenvalue weighted by atomic mass is 16.4. The van der Waals surface area contributed by atoms with Gasteiger partial charge in [0, 0.05) is 0 Å². The molecule has 1 fully saturated rings. The second-order valence-corrected chi connectivity index (χ2v) is 4.90. The van der Waals surface area contributed by atoms with E-state index in [-0.39, 0.29) is 11.5 Å². The van der Waals surface area contributed by atoms with Gasteiger partial charge in [0.15, 0.2) is 0 Å². The number of rotatable bonds is 3. The van der Waals surface area contributed by atoms with Gasteiger partial charge in [0.25, 0.3) is 5.91 Å². The monoisotopic (exact) mass is 296 g/mol. The van der Waals surface area contributed by atoms with Crippen LogP contribution in [0.1, 0.15) is 22.0 Å². The van der Waals surface area contributed by atoms with Crippen LogP contribution in [0.25, 0.3) is 11.1 Å². The van der Waals surface area contributed by atoms with Gasteiger partial charge in [0.2, 0.25) is 0 Å². The van der Waals surface area contributed by atoms with Crippen molar-refractivity contribution in [3.05, 3.63) is 59.7 Å². The van der Waals surface area contributed by atoms with E-state index in [4.69, 9.17) is 5.11 Å². The van der Waals surface area contributed by atoms with Crippen molar-refractivity contribution in [2.75, 3.05) is 0 Å². The van der Waals surface area contributed by atoms with Crippen LogP contribution in [-0.4, -0.2) is 23.0 Å². The van der Waals surface area contributed by atoms with Gasteiger partial charge in [-0.15, -0.1) is 0 Å². The molecule has 3 amide bonds. The Balaban J connectivity index is 1.83. The quantitative estimate of drug-likeness (QED) is 0.754. The first-order chi connectivity index (χ1) is 10.5. The van der Waals surface area contributed by atoms with Gasteiger partial charge in [-0.1, -0.05) is 36.4 Å². The van der Waals surface area contributed by atoms with Crippen molar-refractivity contribution < 1.29 is 19.5 Å². The number of carboxylic acid groups (broad SMARTS) is 1. The third kappa shape index (κ3) is 2.54. The lowest BCUT2D eigenvalue weighted by Gasteiger charge is -2.09. The van der Waals surface area contributed by atoms with Gasteiger partial charge in [0.1, 0.15) is 6.04 Å². The minimum Gasteiger partial charge on any atom is -0.478 e. The zero-order valence-corrected chi connectivity index (χ0v) is 11.4. The molecule has 0 saturated carbocycles. The van der Waals surface area contributed by atoms with Gasteiger partial charge >= 0.3 is 12.0 Å². The molecule has 1 heterocycles. The fourth-order valence-electron chi connectivity index (χ4n) is 2.32. The molecule has 1 atom stereocenters. The summed E-state index contributed by atoms with van der Waals surface area (Å²) in [7, 11) is 0. The fraction of sp³-hybridized carbons (Fsp3) is 0.0625. The molecule has 1 aliphatic heterocycles. The maximum absolute atomic E-state index is 11.6. The van der Waals surface area contributed by atoms with E-state index in [2.05, 4.69) is 10.6 Å². The van der Waals surface area contributed by atoms with Crippen LogP contribution in [0.3, 0.4) is 0 Å². The van der Waals surface area contributed by atoms with Crippen LogP contribution in [0.2, 0.25) is 0 Å². The van der Waals surface area contributed by atoms with Crippen LogP contribution in [0.5, 0.6) is 0 Å². The summed E-state index contributed by atoms with van der Waals surface area (Å²) in [5, 5.41) is 13.6. The molecule has 3 N–H and O–H groups in total. The molecule has 6 nitrogen and oxygen atoms in total. The number of hydrogen-bond acceptors (Lipinski definition) is 3. The van der Waals surface area contributed by atoms with Gasteiger partial charge < -0.3 is 10.4 Å². The maximum atomic E-state index is 11.6. The number of hydrogen-bond donors (Lipinski definition) is 3. The zero-order chi connectivity index (χ0) is 15.7. The number of urea groups is 1. The molecule has 1 aliphatic rings. The Morgan fingerprint density at radius 1 is 0.909 bits per heavy atom. The maximum Gasteiger partial charge on any atom is 0.335 e. The summed E-state index contributed by atoms with van der Waals surface area (Å²) in [4.78, 5) is 33.5. The summed E-state index contributed by atoms with van der Waals surface area (Å²) in [6, 6.07) is 12.5. The molecular formula is C16H12N2O4. The van der Waals surface area contributed by atoms with Crippen molar-refractivity contribution in [2.24, 2.45) is 0 Å². The summed E-state index contributed by atoms with van der Waals surface area (Å²) < 4.78 is 0. The van der Waals surface area contributed by atoms with Crippen molar-refractivity contribution in [1.29, 1.82) is 0 Å². The van der Waals surface area contributed by atoms with E-state index in [1.807, 2.05) is 12.1 Å². The standard InChI is InChI=1S/C16H12N2O4/c19-14-13(17-16(22)18-14)11-5-1-9(2-6-11)10-3-7-12(8-4-10)15(20)21/h1-8,13H,(H,20,21)(H2,17,18,19,22). The predicted molar refractivity (Wildman–Crippen MR) is 78.3 cm³/mol. The lowest BCUT2D eigenvalue weighted by Crippen LogP contribution is -2.22. The molecule has 2 aromatic rings. The Morgan fingerprint density at radius 2 is 1.45 bits per heavy atom. The topological polar surface area (TPSA) is 95.5 Å². The largest absolute Gasteiger partial charge is 0.478 e. The summed E-state index contributed by atoms with van der Waals surface area (Å²) in [5.41, 5.74) is 2.68. The van der Waals surface area contributed by atoms with Gasteiger partial charge in [-0.2, -0.15) is 0 Å². The molecule has 0 bridgehead atoms. The van der Waals surface area contributed by atoms with Crippen molar-refractivity contribution in [2.45, 2.75) is 6.04 Å². The second-order valence-electron chi connectivity index (χ2n) is 4.90. The van der Waals surface area contributed by atoms with Crippen molar-refractivity contribution in [3.63, 3.8) is 0 Å². The number of carbonyl (C=O) groups is 3. The minimum atomic E-state index is -0.968. The van der Waals surface area contributed by atoms with Gasteiger partial charge in [-0.25, -0.2) is 9.59 Å². The molecule has 110 valence electrons. The third-order valence-corrected chi connectivity index (χ3v) is 3.48. The Morgan fingerprint density at radius 3 is 1.91 bits per heavy atom. The first kappa shape index (κ1) is 13.8. The Bertz CT molecular complexity index is 751. The molecule has 0 spiro atoms. The minimum absolute atomic E-state index is 0.228. The molecule has 22 heavy (non-hydrogen) atoms. The number of aromatic carboxylic acids is 1. The number of amides is 3. The number of carboxylic acids is 1. The highest BCUT2D eigenvalue weighted by molar-refractivity contribution is 6.04. The average Bonchev–Trinajstić information content (AvgIpc) is 2.86. The molecule has 2 aromatic carbocycles. The van der Waals surface area contributed by atoms with Gasteiger partial charge in [0.05, 0.1) is 5.56 Å². The van der Waals surface area contributed by atoms with E-state index in [0.29, 0.717) is 5.56 Å². The molecule has 0 aromatic heterocycles. The van der Waals surface area contributed by atoms with Crippen LogP contribution in [0.15, 0.2) is 48.5 Å². The fourth-order valence-corrected chi connectivity index (χ4v) is 2.32. The van der Waals surface area contributed by atoms with Gasteiger partial charge in [-0.3, -0.25) is 10.1 Å². The molecule has 1 saturated heterocycles. The molecule has 0 radical (unpaired) electrons. The van der Waals surface area contributed by atoms with E-state index in [1.54, 1.807) is 24.3 Å². The van der Waals surface area contributed by atoms with E-state index < -0.39 is 18.0 Å². The average molecular weight is 296 g/mol. The van der Waals surface area contributed by atoms with Crippen LogP contribution in [-0.2, 0) is 4.79 Å². The van der Waals surface area contributed by atoms with E-state index in [1.165, 1.54) is 12.1 Å². The summed E-state index contributed by atoms with van der Waals surface area (Å²) in [6.07, 6.45) is 0. The lowest BCUT2D eigenvalue weighted by atomic mass is 10.00. The Kier molecular flexibility index (Phi) is 3.34. The molecular weight excluding hydrogens is 284 g/mol. The number of imide groups is 1. The first-order valence-corrected chi connectivity index (χ1v) is 6.59. The second kappa shape index (κ2) is 5.33. The normalized spacial score (nSPS) is 17.0. The van der Waals surface area contributed by atoms with Gasteiger partial charge in [-0.05, 0) is 28.8 Å². The molecule has 6 heteroatoms. The Hall–Kier alpha value is -3.15. The van der Waals surface area contributed by atoms with E-state index in [9.17, 15) is 14.4 Å².